The number of hydrazone groups is 1. The van der Waals surface area contributed by atoms with Crippen LogP contribution in [-0.4, -0.2) is 60.1 Å². The first-order valence-corrected chi connectivity index (χ1v) is 8.76. The van der Waals surface area contributed by atoms with Crippen LogP contribution in [0.3, 0.4) is 0 Å². The lowest BCUT2D eigenvalue weighted by Crippen LogP contribution is -2.38. The molecule has 4 rings (SSSR count). The third kappa shape index (κ3) is 3.06. The Morgan fingerprint density at radius 1 is 1.38 bits per heavy atom. The van der Waals surface area contributed by atoms with Crippen LogP contribution in [0.4, 0.5) is 25.7 Å². The lowest BCUT2D eigenvalue weighted by Gasteiger charge is -2.28. The molecule has 9 nitrogen and oxygen atoms in total. The van der Waals surface area contributed by atoms with Crippen LogP contribution in [0.1, 0.15) is 0 Å². The Labute approximate surface area is 151 Å². The Bertz CT molecular complexity index is 833. The predicted octanol–water partition coefficient (Wildman–Crippen LogP) is 1.26. The monoisotopic (exact) mass is 378 g/mol. The molecule has 2 aliphatic heterocycles. The highest BCUT2D eigenvalue weighted by Gasteiger charge is 2.32. The molecule has 1 aromatic heterocycles. The summed E-state index contributed by atoms with van der Waals surface area (Å²) in [4.78, 5) is 14.8. The average Bonchev–Trinajstić information content (AvgIpc) is 3.31. The topological polar surface area (TPSA) is 94.4 Å². The number of ether oxygens (including phenoxy) is 1. The van der Waals surface area contributed by atoms with Crippen molar-refractivity contribution in [1.82, 2.24) is 10.2 Å². The second-order valence-electron chi connectivity index (χ2n) is 5.70. The molecule has 0 spiro atoms. The van der Waals surface area contributed by atoms with Crippen LogP contribution in [0.25, 0.3) is 0 Å². The number of cyclic esters (lactones) is 1. The van der Waals surface area contributed by atoms with Gasteiger partial charge in [0.1, 0.15) is 23.8 Å². The van der Waals surface area contributed by atoms with E-state index in [1.165, 1.54) is 28.6 Å². The zero-order valence-corrected chi connectivity index (χ0v) is 14.3. The maximum absolute atomic E-state index is 14.6. The van der Waals surface area contributed by atoms with Crippen molar-refractivity contribution in [2.75, 3.05) is 41.0 Å². The summed E-state index contributed by atoms with van der Waals surface area (Å²) in [7, 11) is 0. The number of carbonyl (C=O) groups excluding carboxylic acids is 1. The SMILES string of the molecule is O=C1O[C@@H](CO)CN1c1ccc(N2C=NN(c3nncs3)CC2)c(F)c1. The van der Waals surface area contributed by atoms with Crippen LogP contribution >= 0.6 is 11.3 Å². The van der Waals surface area contributed by atoms with Crippen LogP contribution in [0, 0.1) is 5.82 Å². The van der Waals surface area contributed by atoms with E-state index in [2.05, 4.69) is 15.3 Å². The lowest BCUT2D eigenvalue weighted by atomic mass is 10.2. The van der Waals surface area contributed by atoms with Gasteiger partial charge in [0.2, 0.25) is 5.13 Å². The number of hydrogen-bond acceptors (Lipinski definition) is 9. The fourth-order valence-corrected chi connectivity index (χ4v) is 3.32. The van der Waals surface area contributed by atoms with Gasteiger partial charge in [0.25, 0.3) is 0 Å². The highest BCUT2D eigenvalue weighted by atomic mass is 32.1. The van der Waals surface area contributed by atoms with Crippen molar-refractivity contribution in [1.29, 1.82) is 0 Å². The van der Waals surface area contributed by atoms with Crippen LogP contribution in [-0.2, 0) is 4.74 Å². The minimum atomic E-state index is -0.594. The molecule has 1 saturated heterocycles. The van der Waals surface area contributed by atoms with Gasteiger partial charge in [0, 0.05) is 6.54 Å². The van der Waals surface area contributed by atoms with Crippen molar-refractivity contribution >= 4 is 40.3 Å². The van der Waals surface area contributed by atoms with Crippen LogP contribution in [0.2, 0.25) is 0 Å². The number of benzene rings is 1. The van der Waals surface area contributed by atoms with E-state index in [9.17, 15) is 9.18 Å². The van der Waals surface area contributed by atoms with Gasteiger partial charge in [-0.15, -0.1) is 10.2 Å². The number of aromatic nitrogens is 2. The molecule has 1 atom stereocenters. The summed E-state index contributed by atoms with van der Waals surface area (Å²) >= 11 is 1.38. The normalized spacial score (nSPS) is 20.0. The summed E-state index contributed by atoms with van der Waals surface area (Å²) < 4.78 is 19.6. The van der Waals surface area contributed by atoms with Crippen molar-refractivity contribution in [2.24, 2.45) is 5.10 Å². The average molecular weight is 378 g/mol. The minimum absolute atomic E-state index is 0.191. The fourth-order valence-electron chi connectivity index (χ4n) is 2.77. The standard InChI is InChI=1S/C15H15FN6O3S/c16-12-5-10(21-6-11(7-23)25-15(21)24)1-2-13(12)20-3-4-22(18-8-20)14-19-17-9-26-14/h1-2,5,8-9,11,23H,3-4,6-7H2/t11-/m1/s1. The third-order valence-corrected chi connectivity index (χ3v) is 4.79. The van der Waals surface area contributed by atoms with E-state index < -0.39 is 18.0 Å². The van der Waals surface area contributed by atoms with Crippen LogP contribution < -0.4 is 14.8 Å². The Kier molecular flexibility index (Phi) is 4.39. The van der Waals surface area contributed by atoms with E-state index in [1.807, 2.05) is 0 Å². The minimum Gasteiger partial charge on any atom is -0.441 e. The van der Waals surface area contributed by atoms with Gasteiger partial charge < -0.3 is 14.7 Å². The molecule has 1 amide bonds. The summed E-state index contributed by atoms with van der Waals surface area (Å²) in [6.45, 7) is 0.996. The summed E-state index contributed by atoms with van der Waals surface area (Å²) in [6.07, 6.45) is 0.351. The molecule has 0 aliphatic carbocycles. The molecule has 2 aliphatic rings. The van der Waals surface area contributed by atoms with Gasteiger partial charge in [-0.25, -0.2) is 14.2 Å². The number of carbonyl (C=O) groups is 1. The number of nitrogens with zero attached hydrogens (tertiary/aromatic N) is 6. The third-order valence-electron chi connectivity index (χ3n) is 4.08. The number of hydrogen-bond donors (Lipinski definition) is 1. The predicted molar refractivity (Wildman–Crippen MR) is 94.2 cm³/mol. The number of aliphatic hydroxyl groups excluding tert-OH is 1. The van der Waals surface area contributed by atoms with E-state index in [0.717, 1.165) is 0 Å². The number of anilines is 3. The van der Waals surface area contributed by atoms with Gasteiger partial charge >= 0.3 is 6.09 Å². The Morgan fingerprint density at radius 3 is 2.88 bits per heavy atom. The molecule has 3 heterocycles. The largest absolute Gasteiger partial charge is 0.441 e. The lowest BCUT2D eigenvalue weighted by molar-refractivity contribution is 0.0963. The van der Waals surface area contributed by atoms with Gasteiger partial charge in [-0.05, 0) is 18.2 Å². The maximum atomic E-state index is 14.6. The van der Waals surface area contributed by atoms with Crippen LogP contribution in [0.15, 0.2) is 28.8 Å². The quantitative estimate of drug-likeness (QED) is 0.856. The van der Waals surface area contributed by atoms with E-state index in [4.69, 9.17) is 9.84 Å². The van der Waals surface area contributed by atoms with E-state index in [1.54, 1.807) is 27.6 Å². The zero-order valence-electron chi connectivity index (χ0n) is 13.5. The number of halogens is 1. The Hall–Kier alpha value is -2.79. The maximum Gasteiger partial charge on any atom is 0.414 e. The molecule has 11 heteroatoms. The van der Waals surface area contributed by atoms with E-state index >= 15 is 0 Å². The van der Waals surface area contributed by atoms with E-state index in [-0.39, 0.29) is 13.2 Å². The van der Waals surface area contributed by atoms with Gasteiger partial charge in [-0.3, -0.25) is 4.90 Å². The molecular formula is C15H15FN6O3S. The first-order chi connectivity index (χ1) is 12.7. The summed E-state index contributed by atoms with van der Waals surface area (Å²) in [5.41, 5.74) is 2.37. The zero-order chi connectivity index (χ0) is 18.1. The highest BCUT2D eigenvalue weighted by Crippen LogP contribution is 2.28. The first kappa shape index (κ1) is 16.7. The number of rotatable bonds is 4. The molecule has 2 aromatic rings. The molecular weight excluding hydrogens is 363 g/mol. The number of amides is 1. The van der Waals surface area contributed by atoms with Crippen LogP contribution in [0.5, 0.6) is 0 Å². The van der Waals surface area contributed by atoms with Crippen molar-refractivity contribution in [3.05, 3.63) is 29.5 Å². The van der Waals surface area contributed by atoms with Gasteiger partial charge in [-0.1, -0.05) is 11.3 Å². The second-order valence-corrected chi connectivity index (χ2v) is 6.52. The molecule has 136 valence electrons. The number of aliphatic hydroxyl groups is 1. The molecule has 0 unspecified atom stereocenters. The molecule has 0 saturated carbocycles. The summed E-state index contributed by atoms with van der Waals surface area (Å²) in [6, 6.07) is 4.52. The highest BCUT2D eigenvalue weighted by molar-refractivity contribution is 7.13. The van der Waals surface area contributed by atoms with Crippen molar-refractivity contribution in [2.45, 2.75) is 6.10 Å². The smallest absolute Gasteiger partial charge is 0.414 e. The van der Waals surface area contributed by atoms with Gasteiger partial charge in [0.05, 0.1) is 31.1 Å². The molecule has 0 radical (unpaired) electrons. The fraction of sp³-hybridized carbons (Fsp3) is 0.333. The van der Waals surface area contributed by atoms with Crippen molar-refractivity contribution in [3.8, 4) is 0 Å². The molecule has 0 bridgehead atoms. The van der Waals surface area contributed by atoms with Gasteiger partial charge in [-0.2, -0.15) is 5.10 Å². The molecule has 26 heavy (non-hydrogen) atoms. The molecule has 1 aromatic carbocycles. The van der Waals surface area contributed by atoms with Crippen molar-refractivity contribution in [3.63, 3.8) is 0 Å². The van der Waals surface area contributed by atoms with Gasteiger partial charge in [0.15, 0.2) is 0 Å². The first-order valence-electron chi connectivity index (χ1n) is 7.88. The van der Waals surface area contributed by atoms with E-state index in [0.29, 0.717) is 29.6 Å². The molecule has 1 N–H and O–H groups in total. The summed E-state index contributed by atoms with van der Waals surface area (Å²) in [5, 5.41) is 23.5. The Morgan fingerprint density at radius 2 is 2.27 bits per heavy atom. The van der Waals surface area contributed by atoms with Crippen molar-refractivity contribution < 1.29 is 19.0 Å². The molecule has 1 fully saturated rings. The Balaban J connectivity index is 1.50. The second kappa shape index (κ2) is 6.84. The summed E-state index contributed by atoms with van der Waals surface area (Å²) in [5.74, 6) is -0.474.